The van der Waals surface area contributed by atoms with Gasteiger partial charge in [0.25, 0.3) is 0 Å². The molecule has 1 aliphatic rings. The van der Waals surface area contributed by atoms with Crippen LogP contribution in [0.3, 0.4) is 0 Å². The summed E-state index contributed by atoms with van der Waals surface area (Å²) in [6.07, 6.45) is 7.38. The van der Waals surface area contributed by atoms with Gasteiger partial charge in [0.1, 0.15) is 0 Å². The highest BCUT2D eigenvalue weighted by atomic mass is 14.3. The topological polar surface area (TPSA) is 0 Å². The highest BCUT2D eigenvalue weighted by Crippen LogP contribution is 2.37. The molecule has 0 radical (unpaired) electrons. The van der Waals surface area contributed by atoms with Crippen molar-refractivity contribution in [3.63, 3.8) is 0 Å². The van der Waals surface area contributed by atoms with Crippen LogP contribution in [-0.4, -0.2) is 0 Å². The maximum absolute atomic E-state index is 3.00. The van der Waals surface area contributed by atoms with Crippen LogP contribution in [0.1, 0.15) is 52.9 Å². The fraction of sp³-hybridized carbons (Fsp3) is 0.833. The van der Waals surface area contributed by atoms with Gasteiger partial charge in [0.2, 0.25) is 0 Å². The Morgan fingerprint density at radius 2 is 1.33 bits per heavy atom. The summed E-state index contributed by atoms with van der Waals surface area (Å²) in [6, 6.07) is 0. The standard InChI is InChI=1S/C10H20.C2H4/c1-10(2,3)9-7-5-4-6-8-9;1-2/h9H,4-8H2,1-3H3;1-2H2. The summed E-state index contributed by atoms with van der Waals surface area (Å²) in [5, 5.41) is 0. The lowest BCUT2D eigenvalue weighted by Gasteiger charge is -2.33. The zero-order valence-electron chi connectivity index (χ0n) is 9.03. The molecular formula is C12H24. The van der Waals surface area contributed by atoms with Crippen molar-refractivity contribution >= 4 is 0 Å². The van der Waals surface area contributed by atoms with Crippen LogP contribution in [0.5, 0.6) is 0 Å². The van der Waals surface area contributed by atoms with E-state index in [9.17, 15) is 0 Å². The average Bonchev–Trinajstić information content (AvgIpc) is 2.08. The Morgan fingerprint density at radius 1 is 0.917 bits per heavy atom. The van der Waals surface area contributed by atoms with Gasteiger partial charge < -0.3 is 0 Å². The Morgan fingerprint density at radius 3 is 1.58 bits per heavy atom. The molecule has 0 heteroatoms. The van der Waals surface area contributed by atoms with E-state index in [1.807, 2.05) is 0 Å². The lowest BCUT2D eigenvalue weighted by Crippen LogP contribution is -2.22. The lowest BCUT2D eigenvalue weighted by molar-refractivity contribution is 0.180. The molecule has 1 aliphatic carbocycles. The van der Waals surface area contributed by atoms with E-state index < -0.39 is 0 Å². The van der Waals surface area contributed by atoms with Crippen LogP contribution >= 0.6 is 0 Å². The minimum absolute atomic E-state index is 0.570. The van der Waals surface area contributed by atoms with E-state index >= 15 is 0 Å². The minimum atomic E-state index is 0.570. The summed E-state index contributed by atoms with van der Waals surface area (Å²) in [4.78, 5) is 0. The maximum atomic E-state index is 3.00. The molecule has 0 heterocycles. The highest BCUT2D eigenvalue weighted by molar-refractivity contribution is 4.76. The molecule has 0 aromatic heterocycles. The van der Waals surface area contributed by atoms with Gasteiger partial charge in [-0.05, 0) is 24.2 Å². The van der Waals surface area contributed by atoms with Crippen molar-refractivity contribution in [2.45, 2.75) is 52.9 Å². The third-order valence-corrected chi connectivity index (χ3v) is 2.83. The molecule has 0 bridgehead atoms. The molecule has 1 saturated carbocycles. The molecule has 0 unspecified atom stereocenters. The second-order valence-corrected chi connectivity index (χ2v) is 4.70. The van der Waals surface area contributed by atoms with Gasteiger partial charge in [0.15, 0.2) is 0 Å². The van der Waals surface area contributed by atoms with Crippen molar-refractivity contribution in [3.8, 4) is 0 Å². The first-order valence-corrected chi connectivity index (χ1v) is 5.11. The average molecular weight is 168 g/mol. The second kappa shape index (κ2) is 5.40. The predicted octanol–water partition coefficient (Wildman–Crippen LogP) is 4.42. The molecule has 0 aromatic carbocycles. The zero-order chi connectivity index (χ0) is 9.61. The van der Waals surface area contributed by atoms with Gasteiger partial charge in [-0.15, -0.1) is 13.2 Å². The minimum Gasteiger partial charge on any atom is -0.106 e. The van der Waals surface area contributed by atoms with Crippen molar-refractivity contribution in [1.82, 2.24) is 0 Å². The van der Waals surface area contributed by atoms with E-state index in [0.29, 0.717) is 5.41 Å². The first kappa shape index (κ1) is 11.7. The predicted molar refractivity (Wildman–Crippen MR) is 57.3 cm³/mol. The molecule has 12 heavy (non-hydrogen) atoms. The van der Waals surface area contributed by atoms with Crippen LogP contribution < -0.4 is 0 Å². The van der Waals surface area contributed by atoms with Gasteiger partial charge in [-0.2, -0.15) is 0 Å². The van der Waals surface area contributed by atoms with Crippen molar-refractivity contribution < 1.29 is 0 Å². The summed E-state index contributed by atoms with van der Waals surface area (Å²) in [5.41, 5.74) is 0.570. The molecule has 0 spiro atoms. The largest absolute Gasteiger partial charge is 0.106 e. The van der Waals surface area contributed by atoms with E-state index in [4.69, 9.17) is 0 Å². The third kappa shape index (κ3) is 3.94. The Balaban J connectivity index is 0.000000561. The van der Waals surface area contributed by atoms with E-state index in [0.717, 1.165) is 5.92 Å². The molecule has 0 amide bonds. The Labute approximate surface area is 78.1 Å². The van der Waals surface area contributed by atoms with Crippen molar-refractivity contribution in [2.75, 3.05) is 0 Å². The molecule has 1 rings (SSSR count). The van der Waals surface area contributed by atoms with Gasteiger partial charge in [0, 0.05) is 0 Å². The van der Waals surface area contributed by atoms with E-state index in [-0.39, 0.29) is 0 Å². The number of hydrogen-bond acceptors (Lipinski definition) is 0. The van der Waals surface area contributed by atoms with Gasteiger partial charge in [0.05, 0.1) is 0 Å². The molecule has 0 aromatic rings. The Kier molecular flexibility index (Phi) is 5.28. The van der Waals surface area contributed by atoms with Gasteiger partial charge in [-0.25, -0.2) is 0 Å². The van der Waals surface area contributed by atoms with Crippen molar-refractivity contribution in [3.05, 3.63) is 13.2 Å². The monoisotopic (exact) mass is 168 g/mol. The van der Waals surface area contributed by atoms with Crippen LogP contribution in [0.15, 0.2) is 13.2 Å². The smallest absolute Gasteiger partial charge is 0.0354 e. The number of hydrogen-bond donors (Lipinski definition) is 0. The van der Waals surface area contributed by atoms with E-state index in [1.54, 1.807) is 0 Å². The van der Waals surface area contributed by atoms with Gasteiger partial charge in [-0.3, -0.25) is 0 Å². The van der Waals surface area contributed by atoms with Crippen LogP contribution in [-0.2, 0) is 0 Å². The normalized spacial score (nSPS) is 19.6. The molecular weight excluding hydrogens is 144 g/mol. The summed E-state index contributed by atoms with van der Waals surface area (Å²) in [6.45, 7) is 13.1. The van der Waals surface area contributed by atoms with Crippen LogP contribution in [0.25, 0.3) is 0 Å². The second-order valence-electron chi connectivity index (χ2n) is 4.70. The molecule has 1 fully saturated rings. The highest BCUT2D eigenvalue weighted by Gasteiger charge is 2.25. The summed E-state index contributed by atoms with van der Waals surface area (Å²) >= 11 is 0. The van der Waals surface area contributed by atoms with Crippen LogP contribution in [0, 0.1) is 11.3 Å². The summed E-state index contributed by atoms with van der Waals surface area (Å²) in [5.74, 6) is 1.00. The fourth-order valence-electron chi connectivity index (χ4n) is 1.97. The van der Waals surface area contributed by atoms with Gasteiger partial charge >= 0.3 is 0 Å². The molecule has 72 valence electrons. The first-order chi connectivity index (χ1) is 5.61. The van der Waals surface area contributed by atoms with Gasteiger partial charge in [-0.1, -0.05) is 40.0 Å². The molecule has 0 N–H and O–H groups in total. The van der Waals surface area contributed by atoms with Crippen molar-refractivity contribution in [1.29, 1.82) is 0 Å². The quantitative estimate of drug-likeness (QED) is 0.470. The Hall–Kier alpha value is -0.260. The molecule has 0 nitrogen and oxygen atoms in total. The van der Waals surface area contributed by atoms with Crippen molar-refractivity contribution in [2.24, 2.45) is 11.3 Å². The molecule has 0 atom stereocenters. The van der Waals surface area contributed by atoms with Crippen LogP contribution in [0.2, 0.25) is 0 Å². The SMILES string of the molecule is C=C.CC(C)(C)C1CCCCC1. The van der Waals surface area contributed by atoms with E-state index in [2.05, 4.69) is 33.9 Å². The zero-order valence-corrected chi connectivity index (χ0v) is 9.03. The lowest BCUT2D eigenvalue weighted by atomic mass is 9.72. The maximum Gasteiger partial charge on any atom is -0.0354 e. The summed E-state index contributed by atoms with van der Waals surface area (Å²) in [7, 11) is 0. The van der Waals surface area contributed by atoms with E-state index in [1.165, 1.54) is 32.1 Å². The fourth-order valence-corrected chi connectivity index (χ4v) is 1.97. The van der Waals surface area contributed by atoms with Crippen LogP contribution in [0.4, 0.5) is 0 Å². The third-order valence-electron chi connectivity index (χ3n) is 2.83. The molecule has 0 aliphatic heterocycles. The Bertz CT molecular complexity index is 102. The molecule has 0 saturated heterocycles. The summed E-state index contributed by atoms with van der Waals surface area (Å²) < 4.78 is 0. The number of rotatable bonds is 0. The first-order valence-electron chi connectivity index (χ1n) is 5.11.